The summed E-state index contributed by atoms with van der Waals surface area (Å²) < 4.78 is 0. The van der Waals surface area contributed by atoms with Crippen LogP contribution in [0.3, 0.4) is 0 Å². The maximum absolute atomic E-state index is 10.6. The predicted molar refractivity (Wildman–Crippen MR) is 51.6 cm³/mol. The molecule has 0 saturated heterocycles. The van der Waals surface area contributed by atoms with Gasteiger partial charge in [0.2, 0.25) is 0 Å². The van der Waals surface area contributed by atoms with Crippen LogP contribution in [0.25, 0.3) is 0 Å². The number of carbonyl (C=O) groups is 1. The third-order valence-corrected chi connectivity index (χ3v) is 2.83. The summed E-state index contributed by atoms with van der Waals surface area (Å²) in [6, 6.07) is 0. The van der Waals surface area contributed by atoms with E-state index >= 15 is 0 Å². The molecule has 0 radical (unpaired) electrons. The number of hydrogen-bond donors (Lipinski definition) is 1. The molecule has 1 aliphatic rings. The zero-order chi connectivity index (χ0) is 10.0. The van der Waals surface area contributed by atoms with E-state index in [0.717, 1.165) is 18.4 Å². The Balaban J connectivity index is 2.17. The van der Waals surface area contributed by atoms with Gasteiger partial charge in [-0.2, -0.15) is 0 Å². The minimum absolute atomic E-state index is 0.251. The molecule has 1 aliphatic carbocycles. The van der Waals surface area contributed by atoms with E-state index in [1.165, 1.54) is 6.42 Å². The van der Waals surface area contributed by atoms with Crippen LogP contribution in [-0.4, -0.2) is 36.1 Å². The third-order valence-electron chi connectivity index (χ3n) is 2.83. The van der Waals surface area contributed by atoms with Gasteiger partial charge in [0.1, 0.15) is 0 Å². The molecule has 0 aromatic heterocycles. The highest BCUT2D eigenvalue weighted by molar-refractivity contribution is 5.69. The van der Waals surface area contributed by atoms with Crippen LogP contribution in [0.2, 0.25) is 0 Å². The van der Waals surface area contributed by atoms with Crippen molar-refractivity contribution in [3.8, 4) is 0 Å². The Morgan fingerprint density at radius 1 is 1.69 bits per heavy atom. The first-order valence-corrected chi connectivity index (χ1v) is 4.92. The largest absolute Gasteiger partial charge is 0.481 e. The molecule has 0 amide bonds. The van der Waals surface area contributed by atoms with Gasteiger partial charge in [0, 0.05) is 13.1 Å². The van der Waals surface area contributed by atoms with Gasteiger partial charge in [-0.1, -0.05) is 13.8 Å². The van der Waals surface area contributed by atoms with Gasteiger partial charge in [-0.05, 0) is 25.3 Å². The number of carboxylic acids is 1. The second-order valence-corrected chi connectivity index (χ2v) is 4.43. The van der Waals surface area contributed by atoms with Crippen LogP contribution < -0.4 is 0 Å². The van der Waals surface area contributed by atoms with Gasteiger partial charge in [-0.3, -0.25) is 4.79 Å². The monoisotopic (exact) mass is 185 g/mol. The summed E-state index contributed by atoms with van der Waals surface area (Å²) in [5, 5.41) is 8.71. The lowest BCUT2D eigenvalue weighted by molar-refractivity contribution is -0.141. The fraction of sp³-hybridized carbons (Fsp3) is 0.900. The van der Waals surface area contributed by atoms with Crippen molar-refractivity contribution in [2.24, 2.45) is 17.8 Å². The molecule has 1 saturated carbocycles. The van der Waals surface area contributed by atoms with Gasteiger partial charge in [-0.25, -0.2) is 0 Å². The maximum Gasteiger partial charge on any atom is 0.307 e. The van der Waals surface area contributed by atoms with Gasteiger partial charge < -0.3 is 10.0 Å². The molecule has 3 atom stereocenters. The predicted octanol–water partition coefficient (Wildman–Crippen LogP) is 1.29. The summed E-state index contributed by atoms with van der Waals surface area (Å²) in [6.45, 7) is 5.73. The Morgan fingerprint density at radius 2 is 2.23 bits per heavy atom. The fourth-order valence-corrected chi connectivity index (χ4v) is 1.67. The number of carboxylic acid groups (broad SMARTS) is 1. The molecule has 76 valence electrons. The molecule has 3 nitrogen and oxygen atoms in total. The zero-order valence-electron chi connectivity index (χ0n) is 8.66. The molecular weight excluding hydrogens is 166 g/mol. The van der Waals surface area contributed by atoms with Gasteiger partial charge in [0.25, 0.3) is 0 Å². The van der Waals surface area contributed by atoms with E-state index in [9.17, 15) is 4.79 Å². The topological polar surface area (TPSA) is 40.5 Å². The van der Waals surface area contributed by atoms with Crippen molar-refractivity contribution in [3.05, 3.63) is 0 Å². The van der Waals surface area contributed by atoms with E-state index in [2.05, 4.69) is 11.8 Å². The molecule has 3 unspecified atom stereocenters. The van der Waals surface area contributed by atoms with Crippen LogP contribution in [0.15, 0.2) is 0 Å². The van der Waals surface area contributed by atoms with Crippen molar-refractivity contribution < 1.29 is 9.90 Å². The summed E-state index contributed by atoms with van der Waals surface area (Å²) in [5.74, 6) is 0.711. The average molecular weight is 185 g/mol. The summed E-state index contributed by atoms with van der Waals surface area (Å²) >= 11 is 0. The average Bonchev–Trinajstić information content (AvgIpc) is 2.65. The number of rotatable bonds is 5. The molecule has 1 rings (SSSR count). The highest BCUT2D eigenvalue weighted by Gasteiger charge is 2.33. The van der Waals surface area contributed by atoms with Gasteiger partial charge in [0.05, 0.1) is 5.92 Å². The molecule has 0 spiro atoms. The zero-order valence-corrected chi connectivity index (χ0v) is 8.66. The molecule has 0 aromatic rings. The van der Waals surface area contributed by atoms with Crippen molar-refractivity contribution in [2.45, 2.75) is 20.3 Å². The Morgan fingerprint density at radius 3 is 2.62 bits per heavy atom. The van der Waals surface area contributed by atoms with Crippen molar-refractivity contribution >= 4 is 5.97 Å². The Kier molecular flexibility index (Phi) is 3.31. The van der Waals surface area contributed by atoms with Crippen LogP contribution in [0, 0.1) is 17.8 Å². The molecule has 3 heteroatoms. The fourth-order valence-electron chi connectivity index (χ4n) is 1.67. The highest BCUT2D eigenvalue weighted by Crippen LogP contribution is 2.37. The lowest BCUT2D eigenvalue weighted by atomic mass is 10.1. The van der Waals surface area contributed by atoms with Crippen molar-refractivity contribution in [1.82, 2.24) is 4.90 Å². The Labute approximate surface area is 79.7 Å². The van der Waals surface area contributed by atoms with Gasteiger partial charge >= 0.3 is 5.97 Å². The molecule has 0 aromatic carbocycles. The van der Waals surface area contributed by atoms with E-state index in [1.807, 2.05) is 7.05 Å². The lowest BCUT2D eigenvalue weighted by Crippen LogP contribution is -2.30. The lowest BCUT2D eigenvalue weighted by Gasteiger charge is -2.18. The maximum atomic E-state index is 10.6. The normalized spacial score (nSPS) is 28.9. The molecule has 0 heterocycles. The third kappa shape index (κ3) is 3.35. The summed E-state index contributed by atoms with van der Waals surface area (Å²) in [5.41, 5.74) is 0. The number of aliphatic carboxylic acids is 1. The molecule has 13 heavy (non-hydrogen) atoms. The molecular formula is C10H19NO2. The van der Waals surface area contributed by atoms with E-state index < -0.39 is 5.97 Å². The van der Waals surface area contributed by atoms with Crippen LogP contribution in [-0.2, 0) is 4.79 Å². The first-order chi connectivity index (χ1) is 6.00. The van der Waals surface area contributed by atoms with E-state index in [4.69, 9.17) is 5.11 Å². The number of nitrogens with zero attached hydrogens (tertiary/aromatic N) is 1. The van der Waals surface area contributed by atoms with E-state index in [-0.39, 0.29) is 5.92 Å². The first kappa shape index (κ1) is 10.5. The second kappa shape index (κ2) is 4.09. The summed E-state index contributed by atoms with van der Waals surface area (Å²) in [6.07, 6.45) is 1.31. The van der Waals surface area contributed by atoms with Gasteiger partial charge in [0.15, 0.2) is 0 Å². The standard InChI is InChI=1S/C10H19NO2/c1-7-4-9(7)6-11(3)5-8(2)10(12)13/h7-9H,4-6H2,1-3H3,(H,12,13). The SMILES string of the molecule is CC(CN(C)CC1CC1C)C(=O)O. The summed E-state index contributed by atoms with van der Waals surface area (Å²) in [4.78, 5) is 12.7. The van der Waals surface area contributed by atoms with Crippen molar-refractivity contribution in [2.75, 3.05) is 20.1 Å². The molecule has 0 bridgehead atoms. The van der Waals surface area contributed by atoms with E-state index in [1.54, 1.807) is 6.92 Å². The van der Waals surface area contributed by atoms with E-state index in [0.29, 0.717) is 6.54 Å². The van der Waals surface area contributed by atoms with Crippen LogP contribution in [0.4, 0.5) is 0 Å². The van der Waals surface area contributed by atoms with Crippen LogP contribution >= 0.6 is 0 Å². The van der Waals surface area contributed by atoms with Gasteiger partial charge in [-0.15, -0.1) is 0 Å². The Hall–Kier alpha value is -0.570. The summed E-state index contributed by atoms with van der Waals surface area (Å²) in [7, 11) is 2.00. The minimum atomic E-state index is -0.698. The highest BCUT2D eigenvalue weighted by atomic mass is 16.4. The molecule has 1 N–H and O–H groups in total. The first-order valence-electron chi connectivity index (χ1n) is 4.92. The minimum Gasteiger partial charge on any atom is -0.481 e. The quantitative estimate of drug-likeness (QED) is 0.701. The second-order valence-electron chi connectivity index (χ2n) is 4.43. The van der Waals surface area contributed by atoms with Crippen molar-refractivity contribution in [1.29, 1.82) is 0 Å². The Bertz CT molecular complexity index is 193. The van der Waals surface area contributed by atoms with Crippen LogP contribution in [0.5, 0.6) is 0 Å². The molecule has 0 aliphatic heterocycles. The van der Waals surface area contributed by atoms with Crippen LogP contribution in [0.1, 0.15) is 20.3 Å². The smallest absolute Gasteiger partial charge is 0.307 e. The van der Waals surface area contributed by atoms with Crippen molar-refractivity contribution in [3.63, 3.8) is 0 Å². The molecule has 1 fully saturated rings. The number of hydrogen-bond acceptors (Lipinski definition) is 2.